The Kier molecular flexibility index (Phi) is 4.46. The van der Waals surface area contributed by atoms with E-state index >= 15 is 0 Å². The molecule has 0 aromatic heterocycles. The molecule has 0 spiro atoms. The van der Waals surface area contributed by atoms with Crippen LogP contribution in [-0.2, 0) is 16.2 Å². The summed E-state index contributed by atoms with van der Waals surface area (Å²) in [7, 11) is 1.46. The van der Waals surface area contributed by atoms with Crippen molar-refractivity contribution in [3.8, 4) is 0 Å². The standard InChI is InChI=1S/C10H15NO2/c1-12-13-10(11)8-7-9-5-3-2-4-6-9/h2-6,10H,7-8,11H2,1H3/t10-/m0/s1. The smallest absolute Gasteiger partial charge is 0.141 e. The van der Waals surface area contributed by atoms with Crippen molar-refractivity contribution in [3.05, 3.63) is 35.9 Å². The first-order chi connectivity index (χ1) is 6.33. The van der Waals surface area contributed by atoms with E-state index in [1.165, 1.54) is 12.7 Å². The molecule has 1 atom stereocenters. The lowest BCUT2D eigenvalue weighted by molar-refractivity contribution is -0.304. The third-order valence-corrected chi connectivity index (χ3v) is 1.78. The largest absolute Gasteiger partial charge is 0.303 e. The molecular formula is C10H15NO2. The lowest BCUT2D eigenvalue weighted by atomic mass is 10.1. The van der Waals surface area contributed by atoms with E-state index in [0.717, 1.165) is 12.8 Å². The molecule has 0 aliphatic heterocycles. The van der Waals surface area contributed by atoms with Gasteiger partial charge in [0.05, 0.1) is 7.11 Å². The normalized spacial score (nSPS) is 12.8. The Morgan fingerprint density at radius 1 is 1.31 bits per heavy atom. The summed E-state index contributed by atoms with van der Waals surface area (Å²) in [6.07, 6.45) is 1.33. The molecule has 0 radical (unpaired) electrons. The quantitative estimate of drug-likeness (QED) is 0.425. The molecule has 0 fully saturated rings. The van der Waals surface area contributed by atoms with Crippen LogP contribution >= 0.6 is 0 Å². The molecule has 1 rings (SSSR count). The average molecular weight is 181 g/mol. The maximum Gasteiger partial charge on any atom is 0.141 e. The molecular weight excluding hydrogens is 166 g/mol. The van der Waals surface area contributed by atoms with Crippen LogP contribution in [0.2, 0.25) is 0 Å². The molecule has 3 nitrogen and oxygen atoms in total. The number of benzene rings is 1. The summed E-state index contributed by atoms with van der Waals surface area (Å²) in [4.78, 5) is 9.21. The first kappa shape index (κ1) is 10.2. The van der Waals surface area contributed by atoms with E-state index < -0.39 is 0 Å². The minimum Gasteiger partial charge on any atom is -0.303 e. The number of nitrogens with two attached hydrogens (primary N) is 1. The van der Waals surface area contributed by atoms with Crippen LogP contribution in [0.4, 0.5) is 0 Å². The summed E-state index contributed by atoms with van der Waals surface area (Å²) < 4.78 is 0. The SMILES string of the molecule is COO[C@H](N)CCc1ccccc1. The first-order valence-electron chi connectivity index (χ1n) is 4.32. The van der Waals surface area contributed by atoms with Crippen molar-refractivity contribution in [1.82, 2.24) is 0 Å². The van der Waals surface area contributed by atoms with Crippen molar-refractivity contribution in [1.29, 1.82) is 0 Å². The van der Waals surface area contributed by atoms with Crippen LogP contribution in [0, 0.1) is 0 Å². The monoisotopic (exact) mass is 181 g/mol. The van der Waals surface area contributed by atoms with Gasteiger partial charge in [-0.25, -0.2) is 9.78 Å². The van der Waals surface area contributed by atoms with Crippen molar-refractivity contribution >= 4 is 0 Å². The Hall–Kier alpha value is -0.900. The van der Waals surface area contributed by atoms with Crippen LogP contribution in [0.25, 0.3) is 0 Å². The fraction of sp³-hybridized carbons (Fsp3) is 0.400. The number of hydrogen-bond acceptors (Lipinski definition) is 3. The Labute approximate surface area is 78.4 Å². The summed E-state index contributed by atoms with van der Waals surface area (Å²) in [5.74, 6) is 0. The second kappa shape index (κ2) is 5.70. The fourth-order valence-electron chi connectivity index (χ4n) is 1.13. The van der Waals surface area contributed by atoms with Crippen molar-refractivity contribution in [2.45, 2.75) is 19.1 Å². The van der Waals surface area contributed by atoms with Crippen LogP contribution < -0.4 is 5.73 Å². The van der Waals surface area contributed by atoms with E-state index in [1.54, 1.807) is 0 Å². The fourth-order valence-corrected chi connectivity index (χ4v) is 1.13. The van der Waals surface area contributed by atoms with Crippen molar-refractivity contribution in [3.63, 3.8) is 0 Å². The molecule has 13 heavy (non-hydrogen) atoms. The van der Waals surface area contributed by atoms with Crippen molar-refractivity contribution in [2.75, 3.05) is 7.11 Å². The Morgan fingerprint density at radius 3 is 2.62 bits per heavy atom. The second-order valence-electron chi connectivity index (χ2n) is 2.83. The zero-order chi connectivity index (χ0) is 9.52. The van der Waals surface area contributed by atoms with Crippen LogP contribution in [-0.4, -0.2) is 13.3 Å². The van der Waals surface area contributed by atoms with Gasteiger partial charge in [0, 0.05) is 0 Å². The van der Waals surface area contributed by atoms with E-state index in [9.17, 15) is 0 Å². The van der Waals surface area contributed by atoms with Gasteiger partial charge < -0.3 is 5.73 Å². The van der Waals surface area contributed by atoms with Gasteiger partial charge in [0.15, 0.2) is 0 Å². The predicted octanol–water partition coefficient (Wildman–Crippen LogP) is 1.48. The third-order valence-electron chi connectivity index (χ3n) is 1.78. The Morgan fingerprint density at radius 2 is 2.00 bits per heavy atom. The summed E-state index contributed by atoms with van der Waals surface area (Å²) in [5, 5.41) is 0. The van der Waals surface area contributed by atoms with Crippen LogP contribution in [0.5, 0.6) is 0 Å². The molecule has 1 aromatic rings. The van der Waals surface area contributed by atoms with Gasteiger partial charge in [-0.05, 0) is 18.4 Å². The first-order valence-corrected chi connectivity index (χ1v) is 4.32. The maximum absolute atomic E-state index is 5.58. The predicted molar refractivity (Wildman–Crippen MR) is 50.8 cm³/mol. The van der Waals surface area contributed by atoms with Gasteiger partial charge in [0.1, 0.15) is 6.23 Å². The zero-order valence-electron chi connectivity index (χ0n) is 7.77. The highest BCUT2D eigenvalue weighted by Crippen LogP contribution is 2.04. The molecule has 0 aliphatic rings. The van der Waals surface area contributed by atoms with Crippen molar-refractivity contribution in [2.24, 2.45) is 5.73 Å². The number of hydrogen-bond donors (Lipinski definition) is 1. The molecule has 0 aliphatic carbocycles. The van der Waals surface area contributed by atoms with Crippen LogP contribution in [0.3, 0.4) is 0 Å². The molecule has 0 bridgehead atoms. The van der Waals surface area contributed by atoms with Gasteiger partial charge in [-0.1, -0.05) is 30.3 Å². The van der Waals surface area contributed by atoms with Gasteiger partial charge in [0.2, 0.25) is 0 Å². The minimum atomic E-state index is -0.342. The number of aryl methyl sites for hydroxylation is 1. The summed E-state index contributed by atoms with van der Waals surface area (Å²) in [6.45, 7) is 0. The lowest BCUT2D eigenvalue weighted by Gasteiger charge is -2.09. The molecule has 0 saturated carbocycles. The number of rotatable bonds is 5. The Balaban J connectivity index is 2.27. The van der Waals surface area contributed by atoms with Crippen LogP contribution in [0.15, 0.2) is 30.3 Å². The minimum absolute atomic E-state index is 0.342. The van der Waals surface area contributed by atoms with Gasteiger partial charge in [-0.15, -0.1) is 0 Å². The summed E-state index contributed by atoms with van der Waals surface area (Å²) in [5.41, 5.74) is 6.85. The molecule has 2 N–H and O–H groups in total. The maximum atomic E-state index is 5.58. The van der Waals surface area contributed by atoms with E-state index in [4.69, 9.17) is 10.6 Å². The molecule has 72 valence electrons. The third kappa shape index (κ3) is 4.03. The Bertz CT molecular complexity index is 226. The molecule has 0 unspecified atom stereocenters. The van der Waals surface area contributed by atoms with E-state index in [0.29, 0.717) is 0 Å². The van der Waals surface area contributed by atoms with Gasteiger partial charge >= 0.3 is 0 Å². The molecule has 3 heteroatoms. The van der Waals surface area contributed by atoms with Crippen LogP contribution in [0.1, 0.15) is 12.0 Å². The van der Waals surface area contributed by atoms with Gasteiger partial charge in [-0.2, -0.15) is 0 Å². The van der Waals surface area contributed by atoms with E-state index in [-0.39, 0.29) is 6.23 Å². The highest BCUT2D eigenvalue weighted by Gasteiger charge is 2.02. The lowest BCUT2D eigenvalue weighted by Crippen LogP contribution is -2.23. The van der Waals surface area contributed by atoms with Gasteiger partial charge in [-0.3, -0.25) is 0 Å². The zero-order valence-corrected chi connectivity index (χ0v) is 7.77. The second-order valence-corrected chi connectivity index (χ2v) is 2.83. The molecule has 0 saturated heterocycles. The van der Waals surface area contributed by atoms with E-state index in [2.05, 4.69) is 17.0 Å². The summed E-state index contributed by atoms with van der Waals surface area (Å²) >= 11 is 0. The molecule has 0 heterocycles. The highest BCUT2D eigenvalue weighted by molar-refractivity contribution is 5.14. The highest BCUT2D eigenvalue weighted by atomic mass is 17.2. The molecule has 1 aromatic carbocycles. The molecule has 0 amide bonds. The average Bonchev–Trinajstić information content (AvgIpc) is 2.17. The van der Waals surface area contributed by atoms with Gasteiger partial charge in [0.25, 0.3) is 0 Å². The van der Waals surface area contributed by atoms with E-state index in [1.807, 2.05) is 18.2 Å². The van der Waals surface area contributed by atoms with Crippen molar-refractivity contribution < 1.29 is 9.78 Å². The summed E-state index contributed by atoms with van der Waals surface area (Å²) in [6, 6.07) is 10.2. The topological polar surface area (TPSA) is 44.5 Å².